The molecule has 1 aromatic rings. The Balaban J connectivity index is 2.31. The highest BCUT2D eigenvalue weighted by atomic mass is 19.1. The molecule has 0 saturated carbocycles. The highest BCUT2D eigenvalue weighted by Crippen LogP contribution is 2.12. The van der Waals surface area contributed by atoms with Gasteiger partial charge in [0.05, 0.1) is 0 Å². The number of carbonyl (C=O) groups is 1. The van der Waals surface area contributed by atoms with Gasteiger partial charge in [-0.25, -0.2) is 13.6 Å². The zero-order valence-corrected chi connectivity index (χ0v) is 10.4. The number of hydrogen-bond donors (Lipinski definition) is 2. The van der Waals surface area contributed by atoms with Gasteiger partial charge in [-0.2, -0.15) is 0 Å². The minimum atomic E-state index is -0.715. The lowest BCUT2D eigenvalue weighted by Gasteiger charge is -2.07. The van der Waals surface area contributed by atoms with E-state index in [0.29, 0.717) is 6.54 Å². The SMILES string of the molecule is CCCCCCNC(=O)Nc1cc(F)cc(F)c1. The Bertz CT molecular complexity index is 376. The summed E-state index contributed by atoms with van der Waals surface area (Å²) in [5.74, 6) is -1.43. The van der Waals surface area contributed by atoms with Crippen molar-refractivity contribution >= 4 is 11.7 Å². The van der Waals surface area contributed by atoms with Gasteiger partial charge in [0, 0.05) is 18.3 Å². The van der Waals surface area contributed by atoms with E-state index in [2.05, 4.69) is 17.6 Å². The third kappa shape index (κ3) is 5.61. The van der Waals surface area contributed by atoms with Crippen LogP contribution in [-0.4, -0.2) is 12.6 Å². The topological polar surface area (TPSA) is 41.1 Å². The number of urea groups is 1. The summed E-state index contributed by atoms with van der Waals surface area (Å²) in [5, 5.41) is 5.02. The minimum Gasteiger partial charge on any atom is -0.338 e. The smallest absolute Gasteiger partial charge is 0.319 e. The van der Waals surface area contributed by atoms with Gasteiger partial charge >= 0.3 is 6.03 Å². The normalized spacial score (nSPS) is 10.2. The standard InChI is InChI=1S/C13H18F2N2O/c1-2-3-4-5-6-16-13(18)17-12-8-10(14)7-11(15)9-12/h7-9H,2-6H2,1H3,(H2,16,17,18). The Labute approximate surface area is 106 Å². The molecular weight excluding hydrogens is 238 g/mol. The van der Waals surface area contributed by atoms with E-state index >= 15 is 0 Å². The van der Waals surface area contributed by atoms with E-state index in [4.69, 9.17) is 0 Å². The molecule has 0 aromatic heterocycles. The molecule has 5 heteroatoms. The first-order valence-corrected chi connectivity index (χ1v) is 6.12. The summed E-state index contributed by atoms with van der Waals surface area (Å²) in [6.45, 7) is 2.67. The average Bonchev–Trinajstić information content (AvgIpc) is 2.27. The van der Waals surface area contributed by atoms with Crippen molar-refractivity contribution < 1.29 is 13.6 Å². The number of hydrogen-bond acceptors (Lipinski definition) is 1. The summed E-state index contributed by atoms with van der Waals surface area (Å²) < 4.78 is 25.7. The summed E-state index contributed by atoms with van der Waals surface area (Å²) >= 11 is 0. The molecule has 0 aliphatic heterocycles. The van der Waals surface area contributed by atoms with Crippen LogP contribution < -0.4 is 10.6 Å². The lowest BCUT2D eigenvalue weighted by atomic mass is 10.2. The van der Waals surface area contributed by atoms with Crippen molar-refractivity contribution in [3.63, 3.8) is 0 Å². The zero-order valence-electron chi connectivity index (χ0n) is 10.4. The maximum atomic E-state index is 12.9. The van der Waals surface area contributed by atoms with Crippen LogP contribution in [0.5, 0.6) is 0 Å². The van der Waals surface area contributed by atoms with Crippen LogP contribution in [-0.2, 0) is 0 Å². The second-order valence-electron chi connectivity index (χ2n) is 4.10. The fourth-order valence-electron chi connectivity index (χ4n) is 1.55. The quantitative estimate of drug-likeness (QED) is 0.749. The van der Waals surface area contributed by atoms with Gasteiger partial charge in [0.25, 0.3) is 0 Å². The Morgan fingerprint density at radius 1 is 1.11 bits per heavy atom. The van der Waals surface area contributed by atoms with Gasteiger partial charge in [0.1, 0.15) is 11.6 Å². The number of unbranched alkanes of at least 4 members (excludes halogenated alkanes) is 3. The summed E-state index contributed by atoms with van der Waals surface area (Å²) in [6.07, 6.45) is 4.23. The molecule has 1 rings (SSSR count). The summed E-state index contributed by atoms with van der Waals surface area (Å²) in [5.41, 5.74) is 0.110. The third-order valence-corrected chi connectivity index (χ3v) is 2.44. The summed E-state index contributed by atoms with van der Waals surface area (Å²) in [4.78, 5) is 11.4. The molecule has 0 unspecified atom stereocenters. The second kappa shape index (κ2) is 7.63. The van der Waals surface area contributed by atoms with Gasteiger partial charge in [0.2, 0.25) is 0 Å². The molecule has 0 aliphatic carbocycles. The van der Waals surface area contributed by atoms with Gasteiger partial charge in [-0.05, 0) is 18.6 Å². The number of carbonyl (C=O) groups excluding carboxylic acids is 1. The molecule has 0 heterocycles. The van der Waals surface area contributed by atoms with Gasteiger partial charge in [0.15, 0.2) is 0 Å². The van der Waals surface area contributed by atoms with Crippen LogP contribution in [0.15, 0.2) is 18.2 Å². The van der Waals surface area contributed by atoms with Crippen LogP contribution in [0.3, 0.4) is 0 Å². The fraction of sp³-hybridized carbons (Fsp3) is 0.462. The molecule has 100 valence electrons. The molecule has 0 fully saturated rings. The molecule has 0 aliphatic rings. The average molecular weight is 256 g/mol. The van der Waals surface area contributed by atoms with Gasteiger partial charge in [-0.15, -0.1) is 0 Å². The summed E-state index contributed by atoms with van der Waals surface area (Å²) in [7, 11) is 0. The minimum absolute atomic E-state index is 0.110. The number of rotatable bonds is 6. The number of nitrogens with one attached hydrogen (secondary N) is 2. The third-order valence-electron chi connectivity index (χ3n) is 2.44. The molecule has 0 radical (unpaired) electrons. The van der Waals surface area contributed by atoms with E-state index in [9.17, 15) is 13.6 Å². The highest BCUT2D eigenvalue weighted by Gasteiger charge is 2.04. The molecule has 0 atom stereocenters. The van der Waals surface area contributed by atoms with Gasteiger partial charge in [-0.3, -0.25) is 0 Å². The van der Waals surface area contributed by atoms with Crippen molar-refractivity contribution in [3.05, 3.63) is 29.8 Å². The molecule has 0 bridgehead atoms. The van der Waals surface area contributed by atoms with E-state index < -0.39 is 17.7 Å². The first-order chi connectivity index (χ1) is 8.61. The van der Waals surface area contributed by atoms with Crippen LogP contribution in [0, 0.1) is 11.6 Å². The predicted octanol–water partition coefficient (Wildman–Crippen LogP) is 3.67. The predicted molar refractivity (Wildman–Crippen MR) is 67.5 cm³/mol. The number of halogens is 2. The molecule has 2 amide bonds. The molecule has 18 heavy (non-hydrogen) atoms. The number of amides is 2. The number of benzene rings is 1. The molecular formula is C13H18F2N2O. The van der Waals surface area contributed by atoms with Crippen molar-refractivity contribution in [3.8, 4) is 0 Å². The Morgan fingerprint density at radius 2 is 1.78 bits per heavy atom. The van der Waals surface area contributed by atoms with Gasteiger partial charge < -0.3 is 10.6 Å². The van der Waals surface area contributed by atoms with Crippen LogP contribution >= 0.6 is 0 Å². The second-order valence-corrected chi connectivity index (χ2v) is 4.10. The Hall–Kier alpha value is -1.65. The Kier molecular flexibility index (Phi) is 6.11. The lowest BCUT2D eigenvalue weighted by Crippen LogP contribution is -2.29. The lowest BCUT2D eigenvalue weighted by molar-refractivity contribution is 0.252. The van der Waals surface area contributed by atoms with Crippen molar-refractivity contribution in [2.24, 2.45) is 0 Å². The highest BCUT2D eigenvalue weighted by molar-refractivity contribution is 5.89. The van der Waals surface area contributed by atoms with E-state index in [1.54, 1.807) is 0 Å². The van der Waals surface area contributed by atoms with Crippen LogP contribution in [0.1, 0.15) is 32.6 Å². The maximum absolute atomic E-state index is 12.9. The maximum Gasteiger partial charge on any atom is 0.319 e. The molecule has 0 saturated heterocycles. The molecule has 1 aromatic carbocycles. The largest absolute Gasteiger partial charge is 0.338 e. The van der Waals surface area contributed by atoms with Crippen molar-refractivity contribution in [2.75, 3.05) is 11.9 Å². The van der Waals surface area contributed by atoms with Crippen molar-refractivity contribution in [1.82, 2.24) is 5.32 Å². The van der Waals surface area contributed by atoms with Crippen LogP contribution in [0.2, 0.25) is 0 Å². The van der Waals surface area contributed by atoms with E-state index in [1.165, 1.54) is 0 Å². The van der Waals surface area contributed by atoms with Crippen LogP contribution in [0.25, 0.3) is 0 Å². The Morgan fingerprint density at radius 3 is 2.39 bits per heavy atom. The van der Waals surface area contributed by atoms with E-state index in [-0.39, 0.29) is 5.69 Å². The van der Waals surface area contributed by atoms with Crippen molar-refractivity contribution in [1.29, 1.82) is 0 Å². The van der Waals surface area contributed by atoms with E-state index in [1.807, 2.05) is 0 Å². The van der Waals surface area contributed by atoms with Crippen LogP contribution in [0.4, 0.5) is 19.3 Å². The van der Waals surface area contributed by atoms with Crippen molar-refractivity contribution in [2.45, 2.75) is 32.6 Å². The molecule has 0 spiro atoms. The fourth-order valence-corrected chi connectivity index (χ4v) is 1.55. The summed E-state index contributed by atoms with van der Waals surface area (Å²) in [6, 6.07) is 2.45. The monoisotopic (exact) mass is 256 g/mol. The zero-order chi connectivity index (χ0) is 13.4. The van der Waals surface area contributed by atoms with Gasteiger partial charge in [-0.1, -0.05) is 26.2 Å². The molecule has 2 N–H and O–H groups in total. The molecule has 3 nitrogen and oxygen atoms in total. The first-order valence-electron chi connectivity index (χ1n) is 6.12. The first kappa shape index (κ1) is 14.4. The van der Waals surface area contributed by atoms with E-state index in [0.717, 1.165) is 43.9 Å². The number of anilines is 1.